The number of nitrogens with one attached hydrogen (secondary N) is 1. The lowest BCUT2D eigenvalue weighted by atomic mass is 10.1. The van der Waals surface area contributed by atoms with Crippen LogP contribution in [0.1, 0.15) is 5.76 Å². The summed E-state index contributed by atoms with van der Waals surface area (Å²) in [6.45, 7) is 0.687. The fourth-order valence-corrected chi connectivity index (χ4v) is 2.24. The summed E-state index contributed by atoms with van der Waals surface area (Å²) >= 11 is 0. The van der Waals surface area contributed by atoms with Gasteiger partial charge in [0.25, 0.3) is 5.91 Å². The Morgan fingerprint density at radius 2 is 1.82 bits per heavy atom. The molecule has 0 aliphatic carbocycles. The average molecular weight is 293 g/mol. The molecule has 2 aromatic heterocycles. The van der Waals surface area contributed by atoms with E-state index < -0.39 is 0 Å². The van der Waals surface area contributed by atoms with Crippen LogP contribution in [0.5, 0.6) is 0 Å². The van der Waals surface area contributed by atoms with E-state index in [0.29, 0.717) is 6.54 Å². The number of hydrogen-bond acceptors (Lipinski definition) is 2. The maximum atomic E-state index is 12.0. The zero-order valence-corrected chi connectivity index (χ0v) is 12.1. The van der Waals surface area contributed by atoms with Crippen LogP contribution in [0.3, 0.4) is 0 Å². The third-order valence-electron chi connectivity index (χ3n) is 3.33. The molecule has 3 aromatic rings. The van der Waals surface area contributed by atoms with Crippen molar-refractivity contribution in [3.63, 3.8) is 0 Å². The summed E-state index contributed by atoms with van der Waals surface area (Å²) < 4.78 is 7.06. The van der Waals surface area contributed by atoms with E-state index in [1.807, 2.05) is 53.4 Å². The number of benzene rings is 1. The Bertz CT molecular complexity index is 737. The quantitative estimate of drug-likeness (QED) is 0.735. The second kappa shape index (κ2) is 6.72. The lowest BCUT2D eigenvalue weighted by Crippen LogP contribution is -2.42. The number of amides is 1. The number of nitrogens with zero attached hydrogens (tertiary/aromatic N) is 1. The van der Waals surface area contributed by atoms with E-state index >= 15 is 0 Å². The van der Waals surface area contributed by atoms with E-state index in [1.165, 1.54) is 0 Å². The van der Waals surface area contributed by atoms with Gasteiger partial charge < -0.3 is 9.73 Å². The molecule has 2 heterocycles. The molecule has 0 saturated heterocycles. The highest BCUT2D eigenvalue weighted by atomic mass is 16.3. The van der Waals surface area contributed by atoms with E-state index in [0.717, 1.165) is 16.9 Å². The van der Waals surface area contributed by atoms with Gasteiger partial charge in [0, 0.05) is 11.6 Å². The minimum absolute atomic E-state index is 0.0494. The Morgan fingerprint density at radius 3 is 2.59 bits per heavy atom. The molecule has 22 heavy (non-hydrogen) atoms. The maximum absolute atomic E-state index is 12.0. The van der Waals surface area contributed by atoms with Crippen molar-refractivity contribution in [1.29, 1.82) is 0 Å². The highest BCUT2D eigenvalue weighted by Crippen LogP contribution is 2.15. The summed E-state index contributed by atoms with van der Waals surface area (Å²) in [4.78, 5) is 12.0. The summed E-state index contributed by atoms with van der Waals surface area (Å²) in [5.41, 5.74) is 2.22. The molecule has 3 rings (SSSR count). The third-order valence-corrected chi connectivity index (χ3v) is 3.33. The van der Waals surface area contributed by atoms with Crippen LogP contribution in [0.25, 0.3) is 11.1 Å². The first-order chi connectivity index (χ1) is 10.8. The van der Waals surface area contributed by atoms with Gasteiger partial charge >= 0.3 is 0 Å². The molecule has 4 heteroatoms. The summed E-state index contributed by atoms with van der Waals surface area (Å²) in [5.74, 6) is 0.697. The molecule has 1 aromatic carbocycles. The fourth-order valence-electron chi connectivity index (χ4n) is 2.24. The lowest BCUT2D eigenvalue weighted by Gasteiger charge is -2.03. The second-order valence-corrected chi connectivity index (χ2v) is 4.99. The zero-order chi connectivity index (χ0) is 15.2. The molecule has 110 valence electrons. The van der Waals surface area contributed by atoms with Crippen molar-refractivity contribution in [3.8, 4) is 11.1 Å². The number of pyridine rings is 1. The SMILES string of the molecule is O=C(C[n+]1cccc(-c2ccccc2)c1)NCc1ccco1. The summed E-state index contributed by atoms with van der Waals surface area (Å²) in [5, 5.41) is 2.84. The van der Waals surface area contributed by atoms with Gasteiger partial charge in [-0.05, 0) is 23.8 Å². The number of hydrogen-bond donors (Lipinski definition) is 1. The Labute approximate surface area is 129 Å². The number of furan rings is 1. The normalized spacial score (nSPS) is 10.4. The summed E-state index contributed by atoms with van der Waals surface area (Å²) in [6, 6.07) is 17.7. The zero-order valence-electron chi connectivity index (χ0n) is 12.1. The molecular weight excluding hydrogens is 276 g/mol. The van der Waals surface area contributed by atoms with Gasteiger partial charge in [0.15, 0.2) is 12.4 Å². The molecular formula is C18H17N2O2+. The molecule has 4 nitrogen and oxygen atoms in total. The lowest BCUT2D eigenvalue weighted by molar-refractivity contribution is -0.684. The Kier molecular flexibility index (Phi) is 4.30. The standard InChI is InChI=1S/C18H16N2O2/c21-18(19-12-17-9-5-11-22-17)14-20-10-4-8-16(13-20)15-6-2-1-3-7-15/h1-11,13H,12,14H2/p+1. The highest BCUT2D eigenvalue weighted by molar-refractivity contribution is 5.74. The van der Waals surface area contributed by atoms with Crippen LogP contribution in [-0.2, 0) is 17.9 Å². The molecule has 0 saturated carbocycles. The summed E-state index contributed by atoms with van der Waals surface area (Å²) in [7, 11) is 0. The first kappa shape index (κ1) is 14.1. The Morgan fingerprint density at radius 1 is 1.00 bits per heavy atom. The highest BCUT2D eigenvalue weighted by Gasteiger charge is 2.11. The molecule has 0 spiro atoms. The molecule has 0 atom stereocenters. The predicted molar refractivity (Wildman–Crippen MR) is 82.6 cm³/mol. The smallest absolute Gasteiger partial charge is 0.286 e. The topological polar surface area (TPSA) is 46.1 Å². The van der Waals surface area contributed by atoms with Gasteiger partial charge in [-0.25, -0.2) is 0 Å². The van der Waals surface area contributed by atoms with E-state index in [-0.39, 0.29) is 12.5 Å². The van der Waals surface area contributed by atoms with Gasteiger partial charge in [-0.15, -0.1) is 0 Å². The minimum atomic E-state index is -0.0494. The molecule has 1 amide bonds. The van der Waals surface area contributed by atoms with Crippen LogP contribution in [0.15, 0.2) is 77.7 Å². The van der Waals surface area contributed by atoms with E-state index in [4.69, 9.17) is 4.42 Å². The Hall–Kier alpha value is -2.88. The first-order valence-electron chi connectivity index (χ1n) is 7.15. The minimum Gasteiger partial charge on any atom is -0.467 e. The molecule has 1 N–H and O–H groups in total. The molecule has 0 aliphatic rings. The maximum Gasteiger partial charge on any atom is 0.286 e. The van der Waals surface area contributed by atoms with Crippen molar-refractivity contribution in [3.05, 3.63) is 79.0 Å². The van der Waals surface area contributed by atoms with Crippen molar-refractivity contribution < 1.29 is 13.8 Å². The average Bonchev–Trinajstić information content (AvgIpc) is 3.08. The van der Waals surface area contributed by atoms with Crippen molar-refractivity contribution in [1.82, 2.24) is 5.32 Å². The van der Waals surface area contributed by atoms with Crippen molar-refractivity contribution in [2.45, 2.75) is 13.1 Å². The van der Waals surface area contributed by atoms with Crippen LogP contribution >= 0.6 is 0 Å². The predicted octanol–water partition coefficient (Wildman–Crippen LogP) is 2.55. The van der Waals surface area contributed by atoms with Crippen LogP contribution in [0.2, 0.25) is 0 Å². The first-order valence-corrected chi connectivity index (χ1v) is 7.15. The number of carbonyl (C=O) groups is 1. The van der Waals surface area contributed by atoms with Crippen LogP contribution < -0.4 is 9.88 Å². The molecule has 0 fully saturated rings. The van der Waals surface area contributed by atoms with Gasteiger partial charge in [0.1, 0.15) is 5.76 Å². The van der Waals surface area contributed by atoms with Gasteiger partial charge in [-0.2, -0.15) is 4.57 Å². The number of rotatable bonds is 5. The number of aromatic nitrogens is 1. The van der Waals surface area contributed by atoms with Gasteiger partial charge in [0.05, 0.1) is 12.8 Å². The molecule has 0 unspecified atom stereocenters. The van der Waals surface area contributed by atoms with Gasteiger partial charge in [-0.1, -0.05) is 30.3 Å². The van der Waals surface area contributed by atoms with Crippen molar-refractivity contribution >= 4 is 5.91 Å². The molecule has 0 aliphatic heterocycles. The van der Waals surface area contributed by atoms with Crippen LogP contribution in [-0.4, -0.2) is 5.91 Å². The third kappa shape index (κ3) is 3.61. The summed E-state index contributed by atoms with van der Waals surface area (Å²) in [6.07, 6.45) is 5.46. The fraction of sp³-hybridized carbons (Fsp3) is 0.111. The monoisotopic (exact) mass is 293 g/mol. The van der Waals surface area contributed by atoms with Crippen LogP contribution in [0, 0.1) is 0 Å². The van der Waals surface area contributed by atoms with E-state index in [1.54, 1.807) is 12.3 Å². The second-order valence-electron chi connectivity index (χ2n) is 4.99. The van der Waals surface area contributed by atoms with Crippen molar-refractivity contribution in [2.24, 2.45) is 0 Å². The molecule has 0 bridgehead atoms. The Balaban J connectivity index is 1.64. The van der Waals surface area contributed by atoms with E-state index in [2.05, 4.69) is 17.4 Å². The van der Waals surface area contributed by atoms with E-state index in [9.17, 15) is 4.79 Å². The van der Waals surface area contributed by atoms with Crippen LogP contribution in [0.4, 0.5) is 0 Å². The van der Waals surface area contributed by atoms with Gasteiger partial charge in [-0.3, -0.25) is 4.79 Å². The largest absolute Gasteiger partial charge is 0.467 e. The number of carbonyl (C=O) groups excluding carboxylic acids is 1. The molecule has 0 radical (unpaired) electrons. The van der Waals surface area contributed by atoms with Crippen molar-refractivity contribution in [2.75, 3.05) is 0 Å². The van der Waals surface area contributed by atoms with Gasteiger partial charge in [0.2, 0.25) is 6.54 Å².